The molecule has 1 aliphatic rings. The van der Waals surface area contributed by atoms with Gasteiger partial charge in [0.05, 0.1) is 5.75 Å². The molecule has 0 N–H and O–H groups in total. The van der Waals surface area contributed by atoms with Crippen LogP contribution in [0.2, 0.25) is 0 Å². The average molecular weight is 323 g/mol. The number of nitrogens with zero attached hydrogens (tertiary/aromatic N) is 2. The van der Waals surface area contributed by atoms with Gasteiger partial charge in [0, 0.05) is 45.0 Å². The maximum absolute atomic E-state index is 12.0. The van der Waals surface area contributed by atoms with E-state index in [1.54, 1.807) is 0 Å². The van der Waals surface area contributed by atoms with Crippen LogP contribution in [0.3, 0.4) is 0 Å². The number of halogens is 4. The maximum Gasteiger partial charge on any atom is 0.389 e. The molecule has 1 fully saturated rings. The van der Waals surface area contributed by atoms with Gasteiger partial charge in [-0.15, -0.1) is 11.6 Å². The molecule has 0 saturated carbocycles. The first kappa shape index (κ1) is 17.0. The highest BCUT2D eigenvalue weighted by atomic mass is 35.5. The molecule has 0 aromatic carbocycles. The van der Waals surface area contributed by atoms with E-state index >= 15 is 0 Å². The third-order valence-corrected chi connectivity index (χ3v) is 5.11. The summed E-state index contributed by atoms with van der Waals surface area (Å²) in [5.74, 6) is 0.0420. The molecule has 4 nitrogen and oxygen atoms in total. The van der Waals surface area contributed by atoms with Crippen LogP contribution >= 0.6 is 11.6 Å². The summed E-state index contributed by atoms with van der Waals surface area (Å²) in [6.07, 6.45) is -5.74. The SMILES string of the molecule is O=S(=O)(CCCC(F)(F)F)N1CCN(CCCl)CC1. The Morgan fingerprint density at radius 2 is 1.68 bits per heavy atom. The van der Waals surface area contributed by atoms with Crippen molar-refractivity contribution in [3.05, 3.63) is 0 Å². The van der Waals surface area contributed by atoms with Crippen LogP contribution in [-0.4, -0.2) is 68.2 Å². The largest absolute Gasteiger partial charge is 0.389 e. The summed E-state index contributed by atoms with van der Waals surface area (Å²) < 4.78 is 60.9. The second-order valence-electron chi connectivity index (χ2n) is 4.46. The van der Waals surface area contributed by atoms with Gasteiger partial charge >= 0.3 is 6.18 Å². The summed E-state index contributed by atoms with van der Waals surface area (Å²) in [7, 11) is -3.57. The summed E-state index contributed by atoms with van der Waals surface area (Å²) in [6.45, 7) is 2.50. The van der Waals surface area contributed by atoms with E-state index in [1.807, 2.05) is 4.90 Å². The van der Waals surface area contributed by atoms with Crippen molar-refractivity contribution in [1.29, 1.82) is 0 Å². The second kappa shape index (κ2) is 7.10. The number of sulfonamides is 1. The molecule has 0 aromatic rings. The lowest BCUT2D eigenvalue weighted by molar-refractivity contribution is -0.134. The molecule has 9 heteroatoms. The molecule has 114 valence electrons. The molecule has 19 heavy (non-hydrogen) atoms. The van der Waals surface area contributed by atoms with Crippen molar-refractivity contribution in [2.45, 2.75) is 19.0 Å². The number of hydrogen-bond donors (Lipinski definition) is 0. The fraction of sp³-hybridized carbons (Fsp3) is 1.00. The van der Waals surface area contributed by atoms with Crippen molar-refractivity contribution in [3.63, 3.8) is 0 Å². The van der Waals surface area contributed by atoms with Crippen LogP contribution in [0.1, 0.15) is 12.8 Å². The molecule has 0 radical (unpaired) electrons. The van der Waals surface area contributed by atoms with Crippen molar-refractivity contribution < 1.29 is 21.6 Å². The van der Waals surface area contributed by atoms with Gasteiger partial charge in [-0.2, -0.15) is 17.5 Å². The van der Waals surface area contributed by atoms with E-state index in [1.165, 1.54) is 4.31 Å². The number of rotatable bonds is 6. The molecule has 0 spiro atoms. The van der Waals surface area contributed by atoms with E-state index in [-0.39, 0.29) is 6.42 Å². The molecule has 1 aliphatic heterocycles. The minimum Gasteiger partial charge on any atom is -0.300 e. The van der Waals surface area contributed by atoms with E-state index in [9.17, 15) is 21.6 Å². The fourth-order valence-electron chi connectivity index (χ4n) is 1.93. The first-order valence-corrected chi connectivity index (χ1v) is 8.22. The summed E-state index contributed by atoms with van der Waals surface area (Å²) in [4.78, 5) is 2.04. The quantitative estimate of drug-likeness (QED) is 0.696. The van der Waals surface area contributed by atoms with Crippen LogP contribution in [0.15, 0.2) is 0 Å². The standard InChI is InChI=1S/C10H18ClF3N2O2S/c11-3-4-15-5-7-16(8-6-15)19(17,18)9-1-2-10(12,13)14/h1-9H2. The van der Waals surface area contributed by atoms with Crippen molar-refractivity contribution in [3.8, 4) is 0 Å². The summed E-state index contributed by atoms with van der Waals surface area (Å²) in [5.41, 5.74) is 0. The van der Waals surface area contributed by atoms with Crippen molar-refractivity contribution >= 4 is 21.6 Å². The Morgan fingerprint density at radius 3 is 2.16 bits per heavy atom. The normalized spacial score (nSPS) is 19.8. The van der Waals surface area contributed by atoms with Gasteiger partial charge in [-0.25, -0.2) is 8.42 Å². The van der Waals surface area contributed by atoms with Gasteiger partial charge < -0.3 is 0 Å². The lowest BCUT2D eigenvalue weighted by Gasteiger charge is -2.33. The number of piperazine rings is 1. The predicted octanol–water partition coefficient (Wildman–Crippen LogP) is 1.52. The highest BCUT2D eigenvalue weighted by Gasteiger charge is 2.30. The zero-order valence-corrected chi connectivity index (χ0v) is 12.1. The first-order chi connectivity index (χ1) is 8.74. The average Bonchev–Trinajstić information content (AvgIpc) is 2.28. The van der Waals surface area contributed by atoms with E-state index < -0.39 is 28.4 Å². The molecule has 1 saturated heterocycles. The Balaban J connectivity index is 2.38. The van der Waals surface area contributed by atoms with Crippen LogP contribution in [0.4, 0.5) is 13.2 Å². The third kappa shape index (κ3) is 6.29. The molecular formula is C10H18ClF3N2O2S. The van der Waals surface area contributed by atoms with E-state index in [4.69, 9.17) is 11.6 Å². The minimum atomic E-state index is -4.30. The van der Waals surface area contributed by atoms with Gasteiger partial charge in [-0.3, -0.25) is 4.90 Å². The highest BCUT2D eigenvalue weighted by Crippen LogP contribution is 2.22. The molecule has 0 atom stereocenters. The third-order valence-electron chi connectivity index (χ3n) is 2.99. The highest BCUT2D eigenvalue weighted by molar-refractivity contribution is 7.89. The Bertz CT molecular complexity index is 367. The summed E-state index contributed by atoms with van der Waals surface area (Å²) >= 11 is 5.59. The van der Waals surface area contributed by atoms with Gasteiger partial charge in [0.2, 0.25) is 10.0 Å². The Kier molecular flexibility index (Phi) is 6.35. The Labute approximate surface area is 116 Å². The van der Waals surface area contributed by atoms with Gasteiger partial charge in [0.25, 0.3) is 0 Å². The van der Waals surface area contributed by atoms with Gasteiger partial charge in [-0.05, 0) is 6.42 Å². The van der Waals surface area contributed by atoms with Gasteiger partial charge in [-0.1, -0.05) is 0 Å². The van der Waals surface area contributed by atoms with Crippen LogP contribution in [-0.2, 0) is 10.0 Å². The minimum absolute atomic E-state index is 0.325. The molecule has 0 amide bonds. The van der Waals surface area contributed by atoms with Crippen LogP contribution < -0.4 is 0 Å². The number of hydrogen-bond acceptors (Lipinski definition) is 3. The zero-order chi connectivity index (χ0) is 14.5. The van der Waals surface area contributed by atoms with E-state index in [2.05, 4.69) is 0 Å². The molecule has 0 aromatic heterocycles. The Morgan fingerprint density at radius 1 is 1.11 bits per heavy atom. The first-order valence-electron chi connectivity index (χ1n) is 6.07. The van der Waals surface area contributed by atoms with Crippen LogP contribution in [0.5, 0.6) is 0 Å². The van der Waals surface area contributed by atoms with E-state index in [0.29, 0.717) is 38.6 Å². The zero-order valence-electron chi connectivity index (χ0n) is 10.5. The van der Waals surface area contributed by atoms with Gasteiger partial charge in [0.1, 0.15) is 0 Å². The summed E-state index contributed by atoms with van der Waals surface area (Å²) in [5, 5.41) is 0. The van der Waals surface area contributed by atoms with Gasteiger partial charge in [0.15, 0.2) is 0 Å². The number of alkyl halides is 4. The molecule has 1 rings (SSSR count). The van der Waals surface area contributed by atoms with Crippen molar-refractivity contribution in [2.24, 2.45) is 0 Å². The fourth-order valence-corrected chi connectivity index (χ4v) is 3.66. The molecule has 0 bridgehead atoms. The van der Waals surface area contributed by atoms with Crippen LogP contribution in [0.25, 0.3) is 0 Å². The smallest absolute Gasteiger partial charge is 0.300 e. The predicted molar refractivity (Wildman–Crippen MR) is 67.8 cm³/mol. The maximum atomic E-state index is 12.0. The topological polar surface area (TPSA) is 40.6 Å². The molecule has 0 unspecified atom stereocenters. The van der Waals surface area contributed by atoms with Crippen molar-refractivity contribution in [2.75, 3.05) is 44.4 Å². The van der Waals surface area contributed by atoms with Crippen LogP contribution in [0, 0.1) is 0 Å². The molecule has 0 aliphatic carbocycles. The monoisotopic (exact) mass is 322 g/mol. The molecule has 1 heterocycles. The lowest BCUT2D eigenvalue weighted by Crippen LogP contribution is -2.49. The summed E-state index contributed by atoms with van der Waals surface area (Å²) in [6, 6.07) is 0. The Hall–Kier alpha value is -0.0500. The molecular weight excluding hydrogens is 305 g/mol. The van der Waals surface area contributed by atoms with Crippen molar-refractivity contribution in [1.82, 2.24) is 9.21 Å². The second-order valence-corrected chi connectivity index (χ2v) is 6.93. The lowest BCUT2D eigenvalue weighted by atomic mass is 10.3. The van der Waals surface area contributed by atoms with E-state index in [0.717, 1.165) is 0 Å².